The van der Waals surface area contributed by atoms with E-state index in [1.807, 2.05) is 6.92 Å². The second kappa shape index (κ2) is 9.35. The molecule has 0 aromatic carbocycles. The summed E-state index contributed by atoms with van der Waals surface area (Å²) < 4.78 is 0. The van der Waals surface area contributed by atoms with Gasteiger partial charge in [0.2, 0.25) is 5.91 Å². The van der Waals surface area contributed by atoms with Crippen molar-refractivity contribution in [3.63, 3.8) is 0 Å². The maximum absolute atomic E-state index is 12.1. The second-order valence-electron chi connectivity index (χ2n) is 6.04. The third-order valence-corrected chi connectivity index (χ3v) is 4.56. The molecule has 1 amide bonds. The highest BCUT2D eigenvalue weighted by Crippen LogP contribution is 2.22. The van der Waals surface area contributed by atoms with Gasteiger partial charge in [0.1, 0.15) is 0 Å². The number of nitrogens with one attached hydrogen (secondary N) is 2. The average Bonchev–Trinajstić information content (AvgIpc) is 2.47. The molecule has 0 aliphatic carbocycles. The fourth-order valence-electron chi connectivity index (χ4n) is 3.00. The van der Waals surface area contributed by atoms with Gasteiger partial charge >= 0.3 is 0 Å². The van der Waals surface area contributed by atoms with Crippen molar-refractivity contribution in [1.29, 1.82) is 0 Å². The maximum atomic E-state index is 12.1. The zero-order valence-electron chi connectivity index (χ0n) is 13.7. The Morgan fingerprint density at radius 3 is 2.45 bits per heavy atom. The number of hydrogen-bond donors (Lipinski definition) is 2. The van der Waals surface area contributed by atoms with E-state index in [-0.39, 0.29) is 11.9 Å². The zero-order valence-corrected chi connectivity index (χ0v) is 13.7. The van der Waals surface area contributed by atoms with Crippen molar-refractivity contribution in [2.24, 2.45) is 5.92 Å². The molecule has 0 bridgehead atoms. The van der Waals surface area contributed by atoms with E-state index in [4.69, 9.17) is 0 Å². The number of carbonyl (C=O) groups excluding carboxylic acids is 1. The fraction of sp³-hybridized carbons (Fsp3) is 0.938. The lowest BCUT2D eigenvalue weighted by Crippen LogP contribution is -2.50. The van der Waals surface area contributed by atoms with Crippen LogP contribution in [0.3, 0.4) is 0 Å². The molecule has 1 rings (SSSR count). The Morgan fingerprint density at radius 1 is 1.25 bits per heavy atom. The van der Waals surface area contributed by atoms with Gasteiger partial charge in [0.05, 0.1) is 6.04 Å². The van der Waals surface area contributed by atoms with E-state index in [9.17, 15) is 4.79 Å². The SMILES string of the molecule is CCCCNC(=O)C(C)N1CCC(C(C)NCC)CC1. The molecule has 2 unspecified atom stereocenters. The van der Waals surface area contributed by atoms with E-state index in [0.717, 1.165) is 44.9 Å². The van der Waals surface area contributed by atoms with E-state index < -0.39 is 0 Å². The Labute approximate surface area is 124 Å². The first-order chi connectivity index (χ1) is 9.60. The van der Waals surface area contributed by atoms with Crippen molar-refractivity contribution in [2.75, 3.05) is 26.2 Å². The minimum Gasteiger partial charge on any atom is -0.355 e. The molecule has 2 atom stereocenters. The van der Waals surface area contributed by atoms with Crippen LogP contribution in [0.2, 0.25) is 0 Å². The van der Waals surface area contributed by atoms with Gasteiger partial charge in [0, 0.05) is 12.6 Å². The predicted octanol–water partition coefficient (Wildman–Crippen LogP) is 2.00. The van der Waals surface area contributed by atoms with Gasteiger partial charge in [-0.05, 0) is 58.7 Å². The molecule has 118 valence electrons. The minimum atomic E-state index is 0.0160. The molecular formula is C16H33N3O. The molecule has 4 nitrogen and oxygen atoms in total. The van der Waals surface area contributed by atoms with Gasteiger partial charge in [-0.25, -0.2) is 0 Å². The van der Waals surface area contributed by atoms with Crippen LogP contribution in [-0.4, -0.2) is 49.1 Å². The van der Waals surface area contributed by atoms with Crippen LogP contribution in [0, 0.1) is 5.92 Å². The fourth-order valence-corrected chi connectivity index (χ4v) is 3.00. The van der Waals surface area contributed by atoms with Crippen molar-refractivity contribution >= 4 is 5.91 Å². The van der Waals surface area contributed by atoms with Gasteiger partial charge in [0.15, 0.2) is 0 Å². The first-order valence-electron chi connectivity index (χ1n) is 8.35. The molecule has 1 aliphatic rings. The lowest BCUT2D eigenvalue weighted by atomic mass is 9.89. The minimum absolute atomic E-state index is 0.0160. The number of nitrogens with zero attached hydrogens (tertiary/aromatic N) is 1. The Kier molecular flexibility index (Phi) is 8.15. The zero-order chi connectivity index (χ0) is 15.0. The molecule has 2 N–H and O–H groups in total. The number of amides is 1. The Hall–Kier alpha value is -0.610. The van der Waals surface area contributed by atoms with Gasteiger partial charge in [-0.15, -0.1) is 0 Å². The summed E-state index contributed by atoms with van der Waals surface area (Å²) >= 11 is 0. The smallest absolute Gasteiger partial charge is 0.237 e. The van der Waals surface area contributed by atoms with Crippen molar-refractivity contribution in [1.82, 2.24) is 15.5 Å². The summed E-state index contributed by atoms with van der Waals surface area (Å²) in [7, 11) is 0. The van der Waals surface area contributed by atoms with E-state index in [2.05, 4.69) is 36.3 Å². The van der Waals surface area contributed by atoms with E-state index in [0.29, 0.717) is 6.04 Å². The highest BCUT2D eigenvalue weighted by atomic mass is 16.2. The second-order valence-corrected chi connectivity index (χ2v) is 6.04. The molecule has 1 fully saturated rings. The van der Waals surface area contributed by atoms with Gasteiger partial charge in [-0.3, -0.25) is 9.69 Å². The van der Waals surface area contributed by atoms with Gasteiger partial charge in [-0.1, -0.05) is 20.3 Å². The maximum Gasteiger partial charge on any atom is 0.237 e. The molecule has 0 aromatic heterocycles. The number of carbonyl (C=O) groups is 1. The lowest BCUT2D eigenvalue weighted by molar-refractivity contribution is -0.126. The summed E-state index contributed by atoms with van der Waals surface area (Å²) in [5.41, 5.74) is 0. The molecule has 4 heteroatoms. The third-order valence-electron chi connectivity index (χ3n) is 4.56. The first kappa shape index (κ1) is 17.4. The number of piperidine rings is 1. The van der Waals surface area contributed by atoms with Crippen LogP contribution in [0.4, 0.5) is 0 Å². The Bertz CT molecular complexity index is 275. The topological polar surface area (TPSA) is 44.4 Å². The lowest BCUT2D eigenvalue weighted by Gasteiger charge is -2.37. The number of rotatable bonds is 8. The highest BCUT2D eigenvalue weighted by molar-refractivity contribution is 5.81. The van der Waals surface area contributed by atoms with Crippen LogP contribution in [0.5, 0.6) is 0 Å². The highest BCUT2D eigenvalue weighted by Gasteiger charge is 2.28. The van der Waals surface area contributed by atoms with E-state index in [1.54, 1.807) is 0 Å². The average molecular weight is 283 g/mol. The summed E-state index contributed by atoms with van der Waals surface area (Å²) in [4.78, 5) is 14.4. The number of unbranched alkanes of at least 4 members (excludes halogenated alkanes) is 1. The summed E-state index contributed by atoms with van der Waals surface area (Å²) in [5, 5.41) is 6.56. The van der Waals surface area contributed by atoms with Crippen LogP contribution in [0.15, 0.2) is 0 Å². The molecule has 0 saturated carbocycles. The van der Waals surface area contributed by atoms with Crippen molar-refractivity contribution in [3.05, 3.63) is 0 Å². The normalized spacial score (nSPS) is 20.6. The van der Waals surface area contributed by atoms with Crippen molar-refractivity contribution in [2.45, 2.75) is 65.5 Å². The Balaban J connectivity index is 2.31. The molecular weight excluding hydrogens is 250 g/mol. The van der Waals surface area contributed by atoms with Gasteiger partial charge in [0.25, 0.3) is 0 Å². The van der Waals surface area contributed by atoms with Crippen LogP contribution < -0.4 is 10.6 Å². The van der Waals surface area contributed by atoms with Gasteiger partial charge < -0.3 is 10.6 Å². The molecule has 1 saturated heterocycles. The summed E-state index contributed by atoms with van der Waals surface area (Å²) in [5.74, 6) is 0.943. The molecule has 1 aliphatic heterocycles. The molecule has 0 spiro atoms. The van der Waals surface area contributed by atoms with Crippen LogP contribution in [0.25, 0.3) is 0 Å². The third kappa shape index (κ3) is 5.41. The van der Waals surface area contributed by atoms with Crippen LogP contribution in [0.1, 0.15) is 53.4 Å². The monoisotopic (exact) mass is 283 g/mol. The van der Waals surface area contributed by atoms with Crippen LogP contribution in [-0.2, 0) is 4.79 Å². The molecule has 20 heavy (non-hydrogen) atoms. The number of hydrogen-bond acceptors (Lipinski definition) is 3. The molecule has 1 heterocycles. The van der Waals surface area contributed by atoms with Crippen LogP contribution >= 0.6 is 0 Å². The molecule has 0 radical (unpaired) electrons. The van der Waals surface area contributed by atoms with Crippen molar-refractivity contribution in [3.8, 4) is 0 Å². The standard InChI is InChI=1S/C16H33N3O/c1-5-7-10-18-16(20)14(4)19-11-8-15(9-12-19)13(3)17-6-2/h13-15,17H,5-12H2,1-4H3,(H,18,20). The largest absolute Gasteiger partial charge is 0.355 e. The summed E-state index contributed by atoms with van der Waals surface area (Å²) in [6, 6.07) is 0.609. The summed E-state index contributed by atoms with van der Waals surface area (Å²) in [6.07, 6.45) is 4.59. The van der Waals surface area contributed by atoms with Crippen molar-refractivity contribution < 1.29 is 4.79 Å². The Morgan fingerprint density at radius 2 is 1.90 bits per heavy atom. The first-order valence-corrected chi connectivity index (χ1v) is 8.35. The summed E-state index contributed by atoms with van der Waals surface area (Å²) in [6.45, 7) is 12.6. The number of likely N-dealkylation sites (tertiary alicyclic amines) is 1. The molecule has 0 aromatic rings. The van der Waals surface area contributed by atoms with E-state index >= 15 is 0 Å². The van der Waals surface area contributed by atoms with E-state index in [1.165, 1.54) is 12.8 Å². The quantitative estimate of drug-likeness (QED) is 0.670. The predicted molar refractivity (Wildman–Crippen MR) is 84.8 cm³/mol. The van der Waals surface area contributed by atoms with Gasteiger partial charge in [-0.2, -0.15) is 0 Å².